The fourth-order valence-electron chi connectivity index (χ4n) is 2.08. The number of carbonyl (C=O) groups excluding carboxylic acids is 1. The number of ether oxygens (including phenoxy) is 2. The highest BCUT2D eigenvalue weighted by Crippen LogP contribution is 2.20. The Morgan fingerprint density at radius 1 is 1.26 bits per heavy atom. The molecule has 102 valence electrons. The van der Waals surface area contributed by atoms with Crippen molar-refractivity contribution in [3.63, 3.8) is 0 Å². The summed E-state index contributed by atoms with van der Waals surface area (Å²) in [7, 11) is 1.38. The summed E-state index contributed by atoms with van der Waals surface area (Å²) in [6.45, 7) is 5.32. The van der Waals surface area contributed by atoms with Crippen molar-refractivity contribution in [2.75, 3.05) is 38.3 Å². The average molecular weight is 261 g/mol. The van der Waals surface area contributed by atoms with Gasteiger partial charge in [-0.1, -0.05) is 12.1 Å². The number of hydrogen-bond donors (Lipinski definition) is 0. The molecule has 1 aliphatic heterocycles. The first-order valence-electron chi connectivity index (χ1n) is 6.40. The van der Waals surface area contributed by atoms with Gasteiger partial charge in [-0.25, -0.2) is 4.79 Å². The van der Waals surface area contributed by atoms with E-state index in [1.54, 1.807) is 0 Å². The molecule has 0 spiro atoms. The highest BCUT2D eigenvalue weighted by Gasteiger charge is 2.10. The van der Waals surface area contributed by atoms with Crippen LogP contribution in [0.5, 0.6) is 0 Å². The topological polar surface area (TPSA) is 38.8 Å². The van der Waals surface area contributed by atoms with Crippen molar-refractivity contribution < 1.29 is 14.3 Å². The van der Waals surface area contributed by atoms with Crippen LogP contribution in [0.25, 0.3) is 5.57 Å². The standard InChI is InChI=1S/C15H19NO3/c1-12(11-15(17)18-2)13-3-5-14(6-4-13)16-7-9-19-10-8-16/h3-6,11H,7-10H2,1-2H3. The molecule has 4 nitrogen and oxygen atoms in total. The van der Waals surface area contributed by atoms with Gasteiger partial charge in [0.1, 0.15) is 0 Å². The Morgan fingerprint density at radius 3 is 2.47 bits per heavy atom. The van der Waals surface area contributed by atoms with Crippen LogP contribution >= 0.6 is 0 Å². The summed E-state index contributed by atoms with van der Waals surface area (Å²) < 4.78 is 9.96. The van der Waals surface area contributed by atoms with Crippen LogP contribution in [-0.2, 0) is 14.3 Å². The second kappa shape index (κ2) is 6.38. The van der Waals surface area contributed by atoms with E-state index >= 15 is 0 Å². The van der Waals surface area contributed by atoms with Gasteiger partial charge in [-0.15, -0.1) is 0 Å². The van der Waals surface area contributed by atoms with E-state index in [-0.39, 0.29) is 5.97 Å². The van der Waals surface area contributed by atoms with Crippen LogP contribution in [-0.4, -0.2) is 39.4 Å². The molecule has 1 aromatic rings. The van der Waals surface area contributed by atoms with E-state index in [1.165, 1.54) is 18.9 Å². The summed E-state index contributed by atoms with van der Waals surface area (Å²) in [6.07, 6.45) is 1.50. The van der Waals surface area contributed by atoms with E-state index < -0.39 is 0 Å². The molecule has 1 fully saturated rings. The van der Waals surface area contributed by atoms with E-state index in [2.05, 4.69) is 21.8 Å². The van der Waals surface area contributed by atoms with E-state index in [9.17, 15) is 4.79 Å². The van der Waals surface area contributed by atoms with Gasteiger partial charge in [0.25, 0.3) is 0 Å². The average Bonchev–Trinajstić information content (AvgIpc) is 2.48. The molecule has 0 atom stereocenters. The van der Waals surface area contributed by atoms with Crippen LogP contribution in [0.2, 0.25) is 0 Å². The molecule has 0 saturated carbocycles. The van der Waals surface area contributed by atoms with Crippen LogP contribution in [0.1, 0.15) is 12.5 Å². The lowest BCUT2D eigenvalue weighted by atomic mass is 10.1. The first kappa shape index (κ1) is 13.6. The normalized spacial score (nSPS) is 16.3. The van der Waals surface area contributed by atoms with E-state index in [0.29, 0.717) is 0 Å². The Labute approximate surface area is 113 Å². The lowest BCUT2D eigenvalue weighted by Crippen LogP contribution is -2.36. The second-order valence-corrected chi connectivity index (χ2v) is 4.50. The number of hydrogen-bond acceptors (Lipinski definition) is 4. The lowest BCUT2D eigenvalue weighted by Gasteiger charge is -2.28. The van der Waals surface area contributed by atoms with Crippen LogP contribution in [0.3, 0.4) is 0 Å². The van der Waals surface area contributed by atoms with E-state index in [4.69, 9.17) is 4.74 Å². The fraction of sp³-hybridized carbons (Fsp3) is 0.400. The summed E-state index contributed by atoms with van der Waals surface area (Å²) in [5.41, 5.74) is 3.13. The summed E-state index contributed by atoms with van der Waals surface area (Å²) in [6, 6.07) is 8.21. The summed E-state index contributed by atoms with van der Waals surface area (Å²) >= 11 is 0. The number of anilines is 1. The molecule has 4 heteroatoms. The van der Waals surface area contributed by atoms with Crippen molar-refractivity contribution in [2.24, 2.45) is 0 Å². The zero-order valence-corrected chi connectivity index (χ0v) is 11.4. The Bertz CT molecular complexity index is 459. The van der Waals surface area contributed by atoms with Gasteiger partial charge in [0, 0.05) is 24.9 Å². The third-order valence-electron chi connectivity index (χ3n) is 3.23. The zero-order valence-electron chi connectivity index (χ0n) is 11.4. The SMILES string of the molecule is COC(=O)C=C(C)c1ccc(N2CCOCC2)cc1. The van der Waals surface area contributed by atoms with Crippen molar-refractivity contribution in [2.45, 2.75) is 6.92 Å². The predicted molar refractivity (Wildman–Crippen MR) is 75.1 cm³/mol. The molecule has 1 aliphatic rings. The van der Waals surface area contributed by atoms with Crippen LogP contribution < -0.4 is 4.90 Å². The van der Waals surface area contributed by atoms with Crippen molar-refractivity contribution >= 4 is 17.2 Å². The minimum absolute atomic E-state index is 0.324. The molecule has 0 radical (unpaired) electrons. The van der Waals surface area contributed by atoms with E-state index in [0.717, 1.165) is 37.4 Å². The van der Waals surface area contributed by atoms with Crippen LogP contribution in [0.4, 0.5) is 5.69 Å². The van der Waals surface area contributed by atoms with Gasteiger partial charge in [-0.05, 0) is 30.2 Å². The first-order chi connectivity index (χ1) is 9.20. The second-order valence-electron chi connectivity index (χ2n) is 4.50. The number of rotatable bonds is 3. The highest BCUT2D eigenvalue weighted by atomic mass is 16.5. The van der Waals surface area contributed by atoms with E-state index in [1.807, 2.05) is 19.1 Å². The summed E-state index contributed by atoms with van der Waals surface area (Å²) in [4.78, 5) is 13.5. The first-order valence-corrected chi connectivity index (χ1v) is 6.40. The Balaban J connectivity index is 2.09. The number of benzene rings is 1. The quantitative estimate of drug-likeness (QED) is 0.617. The number of allylic oxidation sites excluding steroid dienone is 1. The largest absolute Gasteiger partial charge is 0.466 e. The summed E-state index contributed by atoms with van der Waals surface area (Å²) in [5, 5.41) is 0. The van der Waals surface area contributed by atoms with Crippen LogP contribution in [0, 0.1) is 0 Å². The van der Waals surface area contributed by atoms with Gasteiger partial charge in [0.15, 0.2) is 0 Å². The minimum atomic E-state index is -0.324. The molecule has 1 aromatic carbocycles. The minimum Gasteiger partial charge on any atom is -0.466 e. The Kier molecular flexibility index (Phi) is 4.58. The number of nitrogens with zero attached hydrogens (tertiary/aromatic N) is 1. The van der Waals surface area contributed by atoms with Gasteiger partial charge in [-0.2, -0.15) is 0 Å². The lowest BCUT2D eigenvalue weighted by molar-refractivity contribution is -0.134. The molecule has 0 aromatic heterocycles. The van der Waals surface area contributed by atoms with Crippen LogP contribution in [0.15, 0.2) is 30.3 Å². The summed E-state index contributed by atoms with van der Waals surface area (Å²) in [5.74, 6) is -0.324. The molecule has 0 N–H and O–H groups in total. The Hall–Kier alpha value is -1.81. The third-order valence-corrected chi connectivity index (χ3v) is 3.23. The molecule has 1 saturated heterocycles. The maximum atomic E-state index is 11.2. The molecule has 0 aliphatic carbocycles. The zero-order chi connectivity index (χ0) is 13.7. The van der Waals surface area contributed by atoms with Crippen molar-refractivity contribution in [1.82, 2.24) is 0 Å². The molecule has 0 bridgehead atoms. The van der Waals surface area contributed by atoms with Gasteiger partial charge in [0.2, 0.25) is 0 Å². The molecule has 1 heterocycles. The van der Waals surface area contributed by atoms with Gasteiger partial charge in [-0.3, -0.25) is 0 Å². The third kappa shape index (κ3) is 3.58. The predicted octanol–water partition coefficient (Wildman–Crippen LogP) is 2.10. The number of esters is 1. The van der Waals surface area contributed by atoms with Crippen molar-refractivity contribution in [1.29, 1.82) is 0 Å². The van der Waals surface area contributed by atoms with Gasteiger partial charge in [0.05, 0.1) is 20.3 Å². The number of methoxy groups -OCH3 is 1. The number of carbonyl (C=O) groups is 1. The van der Waals surface area contributed by atoms with Crippen molar-refractivity contribution in [3.8, 4) is 0 Å². The molecular weight excluding hydrogens is 242 g/mol. The monoisotopic (exact) mass is 261 g/mol. The smallest absolute Gasteiger partial charge is 0.330 e. The maximum Gasteiger partial charge on any atom is 0.330 e. The molecule has 2 rings (SSSR count). The molecule has 19 heavy (non-hydrogen) atoms. The molecule has 0 amide bonds. The number of morpholine rings is 1. The molecular formula is C15H19NO3. The highest BCUT2D eigenvalue weighted by molar-refractivity contribution is 5.90. The Morgan fingerprint density at radius 2 is 1.89 bits per heavy atom. The van der Waals surface area contributed by atoms with Gasteiger partial charge < -0.3 is 14.4 Å². The van der Waals surface area contributed by atoms with Gasteiger partial charge >= 0.3 is 5.97 Å². The maximum absolute atomic E-state index is 11.2. The molecule has 0 unspecified atom stereocenters. The van der Waals surface area contributed by atoms with Crippen molar-refractivity contribution in [3.05, 3.63) is 35.9 Å². The fourth-order valence-corrected chi connectivity index (χ4v) is 2.08.